The number of esters is 1. The Morgan fingerprint density at radius 1 is 1.07 bits per heavy atom. The summed E-state index contributed by atoms with van der Waals surface area (Å²) in [6.45, 7) is 11.9. The van der Waals surface area contributed by atoms with Crippen molar-refractivity contribution in [2.75, 3.05) is 6.61 Å². The molecule has 0 aliphatic heterocycles. The molecule has 2 aromatic heterocycles. The zero-order valence-corrected chi connectivity index (χ0v) is 16.9. The molecule has 1 aromatic carbocycles. The Morgan fingerprint density at radius 3 is 2.37 bits per heavy atom. The van der Waals surface area contributed by atoms with Gasteiger partial charge in [0.15, 0.2) is 5.69 Å². The van der Waals surface area contributed by atoms with Crippen molar-refractivity contribution in [2.45, 2.75) is 41.5 Å². The first kappa shape index (κ1) is 22.0. The van der Waals surface area contributed by atoms with Crippen LogP contribution in [-0.2, 0) is 4.74 Å². The monoisotopic (exact) mass is 368 g/mol. The van der Waals surface area contributed by atoms with Gasteiger partial charge in [-0.05, 0) is 26.0 Å². The molecule has 2 heterocycles. The van der Waals surface area contributed by atoms with Gasteiger partial charge in [-0.25, -0.2) is 19.4 Å². The van der Waals surface area contributed by atoms with Gasteiger partial charge in [0.25, 0.3) is 5.95 Å². The molecule has 6 heteroatoms. The van der Waals surface area contributed by atoms with Gasteiger partial charge in [-0.2, -0.15) is 5.10 Å². The van der Waals surface area contributed by atoms with Crippen LogP contribution in [0.4, 0.5) is 0 Å². The lowest BCUT2D eigenvalue weighted by Crippen LogP contribution is -2.09. The van der Waals surface area contributed by atoms with Crippen LogP contribution in [0.2, 0.25) is 0 Å². The molecule has 0 atom stereocenters. The quantitative estimate of drug-likeness (QED) is 0.615. The first-order chi connectivity index (χ1) is 13.2. The Kier molecular flexibility index (Phi) is 9.43. The highest BCUT2D eigenvalue weighted by atomic mass is 16.5. The molecule has 0 bridgehead atoms. The number of carbonyl (C=O) groups is 1. The molecule has 0 aliphatic carbocycles. The number of hydrogen-bond acceptors (Lipinski definition) is 5. The number of aromatic nitrogens is 4. The van der Waals surface area contributed by atoms with E-state index in [1.807, 2.05) is 71.0 Å². The lowest BCUT2D eigenvalue weighted by molar-refractivity contribution is 0.0519. The van der Waals surface area contributed by atoms with Crippen molar-refractivity contribution in [3.8, 4) is 17.2 Å². The highest BCUT2D eigenvalue weighted by molar-refractivity contribution is 5.87. The maximum absolute atomic E-state index is 11.8. The summed E-state index contributed by atoms with van der Waals surface area (Å²) in [4.78, 5) is 20.6. The molecule has 0 amide bonds. The lowest BCUT2D eigenvalue weighted by Gasteiger charge is -2.05. The number of hydrogen-bond donors (Lipinski definition) is 0. The molecule has 0 spiro atoms. The third-order valence-corrected chi connectivity index (χ3v) is 3.27. The highest BCUT2D eigenvalue weighted by Crippen LogP contribution is 2.17. The van der Waals surface area contributed by atoms with Crippen LogP contribution >= 0.6 is 0 Å². The van der Waals surface area contributed by atoms with Crippen LogP contribution in [0.25, 0.3) is 17.2 Å². The Labute approximate surface area is 161 Å². The zero-order chi connectivity index (χ0) is 20.2. The summed E-state index contributed by atoms with van der Waals surface area (Å²) >= 11 is 0. The largest absolute Gasteiger partial charge is 0.461 e. The summed E-state index contributed by atoms with van der Waals surface area (Å²) in [5.41, 5.74) is 2.80. The molecule has 0 radical (unpaired) electrons. The minimum atomic E-state index is -0.450. The fourth-order valence-corrected chi connectivity index (χ4v) is 2.20. The highest BCUT2D eigenvalue weighted by Gasteiger charge is 2.15. The van der Waals surface area contributed by atoms with Crippen molar-refractivity contribution in [3.63, 3.8) is 0 Å². The van der Waals surface area contributed by atoms with Crippen molar-refractivity contribution in [3.05, 3.63) is 60.0 Å². The van der Waals surface area contributed by atoms with E-state index in [1.165, 1.54) is 0 Å². The van der Waals surface area contributed by atoms with Gasteiger partial charge in [0.05, 0.1) is 12.3 Å². The molecule has 0 saturated heterocycles. The molecule has 3 aromatic rings. The van der Waals surface area contributed by atoms with E-state index in [0.717, 1.165) is 17.0 Å². The molecule has 0 unspecified atom stereocenters. The van der Waals surface area contributed by atoms with Crippen LogP contribution in [0.15, 0.2) is 48.7 Å². The molecule has 0 fully saturated rings. The average Bonchev–Trinajstić information content (AvgIpc) is 3.14. The topological polar surface area (TPSA) is 69.9 Å². The smallest absolute Gasteiger partial charge is 0.358 e. The van der Waals surface area contributed by atoms with Crippen molar-refractivity contribution in [1.82, 2.24) is 19.7 Å². The number of nitrogens with zero attached hydrogens (tertiary/aromatic N) is 4. The van der Waals surface area contributed by atoms with Gasteiger partial charge in [-0.1, -0.05) is 58.0 Å². The summed E-state index contributed by atoms with van der Waals surface area (Å²) in [5.74, 6) is -0.0343. The second-order valence-corrected chi connectivity index (χ2v) is 4.91. The Hall–Kier alpha value is -3.02. The predicted molar refractivity (Wildman–Crippen MR) is 108 cm³/mol. The standard InChI is InChI=1S/C17H16N4O2.2C2H6/c1-3-23-16(22)15-11-12(2)21(20-15)17-18-10-9-14(19-17)13-7-5-4-6-8-13;2*1-2/h4-11H,3H2,1-2H3;2*1-2H3. The maximum Gasteiger partial charge on any atom is 0.358 e. The first-order valence-electron chi connectivity index (χ1n) is 9.31. The van der Waals surface area contributed by atoms with Gasteiger partial charge in [0, 0.05) is 17.5 Å². The van der Waals surface area contributed by atoms with E-state index in [2.05, 4.69) is 15.1 Å². The molecular weight excluding hydrogens is 340 g/mol. The van der Waals surface area contributed by atoms with Crippen LogP contribution in [0.1, 0.15) is 50.8 Å². The minimum absolute atomic E-state index is 0.248. The molecule has 0 N–H and O–H groups in total. The number of aryl methyl sites for hydroxylation is 1. The molecular formula is C21H28N4O2. The van der Waals surface area contributed by atoms with Crippen LogP contribution in [0.3, 0.4) is 0 Å². The molecule has 0 aliphatic rings. The third kappa shape index (κ3) is 5.74. The van der Waals surface area contributed by atoms with Crippen LogP contribution in [-0.4, -0.2) is 32.3 Å². The van der Waals surface area contributed by atoms with Crippen LogP contribution in [0, 0.1) is 6.92 Å². The van der Waals surface area contributed by atoms with E-state index >= 15 is 0 Å². The van der Waals surface area contributed by atoms with Crippen LogP contribution in [0.5, 0.6) is 0 Å². The van der Waals surface area contributed by atoms with Gasteiger partial charge in [0.2, 0.25) is 0 Å². The number of benzene rings is 1. The summed E-state index contributed by atoms with van der Waals surface area (Å²) in [6, 6.07) is 13.3. The normalized spacial score (nSPS) is 9.41. The van der Waals surface area contributed by atoms with Crippen molar-refractivity contribution < 1.29 is 9.53 Å². The van der Waals surface area contributed by atoms with E-state index in [1.54, 1.807) is 23.9 Å². The Balaban J connectivity index is 0.000000855. The number of rotatable bonds is 4. The SMILES string of the molecule is CC.CC.CCOC(=O)c1cc(C)n(-c2nccc(-c3ccccc3)n2)n1. The van der Waals surface area contributed by atoms with Crippen LogP contribution < -0.4 is 0 Å². The first-order valence-corrected chi connectivity index (χ1v) is 9.31. The second-order valence-electron chi connectivity index (χ2n) is 4.91. The number of carbonyl (C=O) groups excluding carboxylic acids is 1. The lowest BCUT2D eigenvalue weighted by atomic mass is 10.1. The van der Waals surface area contributed by atoms with Crippen molar-refractivity contribution in [1.29, 1.82) is 0 Å². The van der Waals surface area contributed by atoms with Gasteiger partial charge in [-0.15, -0.1) is 0 Å². The second kappa shape index (κ2) is 11.6. The van der Waals surface area contributed by atoms with Gasteiger partial charge in [-0.3, -0.25) is 0 Å². The molecule has 0 saturated carbocycles. The molecule has 144 valence electrons. The average molecular weight is 368 g/mol. The maximum atomic E-state index is 11.8. The van der Waals surface area contributed by atoms with E-state index in [-0.39, 0.29) is 5.69 Å². The summed E-state index contributed by atoms with van der Waals surface area (Å²) in [6.07, 6.45) is 1.68. The van der Waals surface area contributed by atoms with Gasteiger partial charge >= 0.3 is 5.97 Å². The summed E-state index contributed by atoms with van der Waals surface area (Å²) in [5, 5.41) is 4.25. The fourth-order valence-electron chi connectivity index (χ4n) is 2.20. The molecule has 3 rings (SSSR count). The summed E-state index contributed by atoms with van der Waals surface area (Å²) < 4.78 is 6.51. The summed E-state index contributed by atoms with van der Waals surface area (Å²) in [7, 11) is 0. The van der Waals surface area contributed by atoms with Gasteiger partial charge in [0.1, 0.15) is 0 Å². The Morgan fingerprint density at radius 2 is 1.74 bits per heavy atom. The van der Waals surface area contributed by atoms with E-state index in [9.17, 15) is 4.79 Å². The molecule has 27 heavy (non-hydrogen) atoms. The van der Waals surface area contributed by atoms with E-state index in [4.69, 9.17) is 4.74 Å². The van der Waals surface area contributed by atoms with E-state index in [0.29, 0.717) is 12.6 Å². The van der Waals surface area contributed by atoms with Crippen molar-refractivity contribution in [2.24, 2.45) is 0 Å². The zero-order valence-electron chi connectivity index (χ0n) is 16.9. The van der Waals surface area contributed by atoms with Gasteiger partial charge < -0.3 is 4.74 Å². The van der Waals surface area contributed by atoms with Crippen molar-refractivity contribution >= 4 is 5.97 Å². The van der Waals surface area contributed by atoms with E-state index < -0.39 is 5.97 Å². The molecule has 6 nitrogen and oxygen atoms in total. The fraction of sp³-hybridized carbons (Fsp3) is 0.333. The third-order valence-electron chi connectivity index (χ3n) is 3.27. The Bertz CT molecular complexity index is 829. The number of ether oxygens (including phenoxy) is 1. The minimum Gasteiger partial charge on any atom is -0.461 e. The predicted octanol–water partition coefficient (Wildman–Crippen LogP) is 4.87.